The lowest BCUT2D eigenvalue weighted by atomic mass is 10.1. The van der Waals surface area contributed by atoms with Crippen LogP contribution in [-0.2, 0) is 11.3 Å². The van der Waals surface area contributed by atoms with Gasteiger partial charge in [-0.1, -0.05) is 6.92 Å². The van der Waals surface area contributed by atoms with Crippen molar-refractivity contribution in [2.45, 2.75) is 20.4 Å². The molecule has 1 aromatic heterocycles. The zero-order valence-corrected chi connectivity index (χ0v) is 11.4. The summed E-state index contributed by atoms with van der Waals surface area (Å²) < 4.78 is 0. The third kappa shape index (κ3) is 4.57. The average Bonchev–Trinajstić information content (AvgIpc) is 2.37. The van der Waals surface area contributed by atoms with Crippen molar-refractivity contribution < 1.29 is 14.7 Å². The Labute approximate surface area is 112 Å². The van der Waals surface area contributed by atoms with Crippen molar-refractivity contribution in [3.8, 4) is 0 Å². The summed E-state index contributed by atoms with van der Waals surface area (Å²) in [5.74, 6) is -1.50. The molecule has 0 aliphatic rings. The number of carbonyl (C=O) groups is 2. The maximum absolute atomic E-state index is 11.8. The smallest absolute Gasteiger partial charge is 0.317 e. The molecule has 104 valence electrons. The normalized spacial score (nSPS) is 11.7. The lowest BCUT2D eigenvalue weighted by molar-refractivity contribution is -0.141. The molecule has 6 nitrogen and oxygen atoms in total. The first-order valence-corrected chi connectivity index (χ1v) is 6.03. The number of aromatic nitrogens is 1. The summed E-state index contributed by atoms with van der Waals surface area (Å²) in [5.41, 5.74) is 1.99. The Hall–Kier alpha value is -2.11. The van der Waals surface area contributed by atoms with Crippen molar-refractivity contribution in [1.82, 2.24) is 15.2 Å². The number of nitrogens with one attached hydrogen (secondary N) is 1. The van der Waals surface area contributed by atoms with Crippen molar-refractivity contribution in [3.63, 3.8) is 0 Å². The van der Waals surface area contributed by atoms with E-state index in [0.717, 1.165) is 11.1 Å². The van der Waals surface area contributed by atoms with Gasteiger partial charge in [-0.2, -0.15) is 0 Å². The van der Waals surface area contributed by atoms with Gasteiger partial charge in [0, 0.05) is 32.5 Å². The summed E-state index contributed by atoms with van der Waals surface area (Å²) in [5, 5.41) is 11.5. The molecule has 0 aliphatic carbocycles. The molecule has 1 atom stereocenters. The second-order valence-electron chi connectivity index (χ2n) is 4.58. The van der Waals surface area contributed by atoms with E-state index < -0.39 is 11.9 Å². The molecule has 19 heavy (non-hydrogen) atoms. The Kier molecular flexibility index (Phi) is 5.29. The number of hydrogen-bond donors (Lipinski definition) is 2. The minimum absolute atomic E-state index is 0.174. The molecule has 6 heteroatoms. The third-order valence-electron chi connectivity index (χ3n) is 2.89. The van der Waals surface area contributed by atoms with Crippen molar-refractivity contribution in [3.05, 3.63) is 29.6 Å². The van der Waals surface area contributed by atoms with Gasteiger partial charge in [-0.25, -0.2) is 4.79 Å². The Bertz CT molecular complexity index is 462. The second-order valence-corrected chi connectivity index (χ2v) is 4.58. The van der Waals surface area contributed by atoms with Crippen molar-refractivity contribution in [2.75, 3.05) is 13.6 Å². The molecule has 1 heterocycles. The molecule has 0 fully saturated rings. The maximum Gasteiger partial charge on any atom is 0.317 e. The summed E-state index contributed by atoms with van der Waals surface area (Å²) in [4.78, 5) is 27.9. The van der Waals surface area contributed by atoms with E-state index in [1.807, 2.05) is 13.0 Å². The van der Waals surface area contributed by atoms with Crippen LogP contribution in [0.4, 0.5) is 4.79 Å². The standard InChI is InChI=1S/C13H19N3O3/c1-9-4-5-14-6-11(9)7-15-13(19)16(3)8-10(2)12(17)18/h4-6,10H,7-8H2,1-3H3,(H,15,19)(H,17,18). The van der Waals surface area contributed by atoms with Crippen LogP contribution < -0.4 is 5.32 Å². The first kappa shape index (κ1) is 14.9. The van der Waals surface area contributed by atoms with E-state index in [4.69, 9.17) is 5.11 Å². The summed E-state index contributed by atoms with van der Waals surface area (Å²) in [6.07, 6.45) is 3.40. The number of nitrogens with zero attached hydrogens (tertiary/aromatic N) is 2. The van der Waals surface area contributed by atoms with E-state index in [-0.39, 0.29) is 12.6 Å². The van der Waals surface area contributed by atoms with Crippen LogP contribution in [0.1, 0.15) is 18.1 Å². The van der Waals surface area contributed by atoms with Gasteiger partial charge in [0.05, 0.1) is 5.92 Å². The highest BCUT2D eigenvalue weighted by Crippen LogP contribution is 2.04. The fourth-order valence-electron chi connectivity index (χ4n) is 1.56. The molecule has 0 saturated carbocycles. The highest BCUT2D eigenvalue weighted by molar-refractivity contribution is 5.75. The van der Waals surface area contributed by atoms with Crippen LogP contribution in [0, 0.1) is 12.8 Å². The fourth-order valence-corrected chi connectivity index (χ4v) is 1.56. The molecule has 1 aromatic rings. The van der Waals surface area contributed by atoms with Gasteiger partial charge in [-0.3, -0.25) is 9.78 Å². The summed E-state index contributed by atoms with van der Waals surface area (Å²) in [7, 11) is 1.57. The lowest BCUT2D eigenvalue weighted by Crippen LogP contribution is -2.40. The highest BCUT2D eigenvalue weighted by atomic mass is 16.4. The SMILES string of the molecule is Cc1ccncc1CNC(=O)N(C)CC(C)C(=O)O. The highest BCUT2D eigenvalue weighted by Gasteiger charge is 2.17. The number of urea groups is 1. The maximum atomic E-state index is 11.8. The molecule has 0 radical (unpaired) electrons. The quantitative estimate of drug-likeness (QED) is 0.839. The number of hydrogen-bond acceptors (Lipinski definition) is 3. The molecular weight excluding hydrogens is 246 g/mol. The summed E-state index contributed by atoms with van der Waals surface area (Å²) >= 11 is 0. The van der Waals surface area contributed by atoms with Crippen molar-refractivity contribution in [1.29, 1.82) is 0 Å². The largest absolute Gasteiger partial charge is 0.481 e. The number of carbonyl (C=O) groups excluding carboxylic acids is 1. The number of pyridine rings is 1. The zero-order valence-electron chi connectivity index (χ0n) is 11.4. The Balaban J connectivity index is 2.47. The third-order valence-corrected chi connectivity index (χ3v) is 2.89. The minimum Gasteiger partial charge on any atom is -0.481 e. The molecule has 0 bridgehead atoms. The molecule has 0 aliphatic heterocycles. The van der Waals surface area contributed by atoms with Crippen molar-refractivity contribution >= 4 is 12.0 Å². The number of rotatable bonds is 5. The number of carboxylic acid groups (broad SMARTS) is 1. The Morgan fingerprint density at radius 1 is 1.53 bits per heavy atom. The van der Waals surface area contributed by atoms with Gasteiger partial charge in [-0.15, -0.1) is 0 Å². The molecular formula is C13H19N3O3. The topological polar surface area (TPSA) is 82.5 Å². The predicted octanol–water partition coefficient (Wildman–Crippen LogP) is 1.25. The zero-order chi connectivity index (χ0) is 14.4. The Morgan fingerprint density at radius 3 is 2.79 bits per heavy atom. The van der Waals surface area contributed by atoms with E-state index in [1.165, 1.54) is 4.90 Å². The summed E-state index contributed by atoms with van der Waals surface area (Å²) in [6, 6.07) is 1.58. The molecule has 2 N–H and O–H groups in total. The molecule has 0 spiro atoms. The van der Waals surface area contributed by atoms with Gasteiger partial charge < -0.3 is 15.3 Å². The number of aliphatic carboxylic acids is 1. The first-order chi connectivity index (χ1) is 8.91. The minimum atomic E-state index is -0.914. The van der Waals surface area contributed by atoms with E-state index in [9.17, 15) is 9.59 Å². The molecule has 1 unspecified atom stereocenters. The fraction of sp³-hybridized carbons (Fsp3) is 0.462. The molecule has 1 rings (SSSR count). The molecule has 2 amide bonds. The van der Waals surface area contributed by atoms with Crippen LogP contribution in [-0.4, -0.2) is 40.6 Å². The van der Waals surface area contributed by atoms with Crippen LogP contribution in [0.25, 0.3) is 0 Å². The second kappa shape index (κ2) is 6.72. The van der Waals surface area contributed by atoms with Crippen LogP contribution in [0.15, 0.2) is 18.5 Å². The van der Waals surface area contributed by atoms with E-state index >= 15 is 0 Å². The summed E-state index contributed by atoms with van der Waals surface area (Å²) in [6.45, 7) is 4.06. The lowest BCUT2D eigenvalue weighted by Gasteiger charge is -2.20. The van der Waals surface area contributed by atoms with Gasteiger partial charge in [0.1, 0.15) is 0 Å². The predicted molar refractivity (Wildman–Crippen MR) is 70.6 cm³/mol. The van der Waals surface area contributed by atoms with E-state index in [2.05, 4.69) is 10.3 Å². The average molecular weight is 265 g/mol. The van der Waals surface area contributed by atoms with Crippen LogP contribution >= 0.6 is 0 Å². The number of carboxylic acids is 1. The van der Waals surface area contributed by atoms with E-state index in [1.54, 1.807) is 26.4 Å². The van der Waals surface area contributed by atoms with E-state index in [0.29, 0.717) is 6.54 Å². The number of aryl methyl sites for hydroxylation is 1. The van der Waals surface area contributed by atoms with Crippen LogP contribution in [0.5, 0.6) is 0 Å². The van der Waals surface area contributed by atoms with Crippen LogP contribution in [0.3, 0.4) is 0 Å². The van der Waals surface area contributed by atoms with Gasteiger partial charge in [0.2, 0.25) is 0 Å². The van der Waals surface area contributed by atoms with Crippen molar-refractivity contribution in [2.24, 2.45) is 5.92 Å². The van der Waals surface area contributed by atoms with Gasteiger partial charge in [0.15, 0.2) is 0 Å². The Morgan fingerprint density at radius 2 is 2.21 bits per heavy atom. The van der Waals surface area contributed by atoms with Gasteiger partial charge in [0.25, 0.3) is 0 Å². The molecule has 0 aromatic carbocycles. The number of amides is 2. The van der Waals surface area contributed by atoms with Gasteiger partial charge in [-0.05, 0) is 24.1 Å². The van der Waals surface area contributed by atoms with Gasteiger partial charge >= 0.3 is 12.0 Å². The molecule has 0 saturated heterocycles. The van der Waals surface area contributed by atoms with Crippen LogP contribution in [0.2, 0.25) is 0 Å². The monoisotopic (exact) mass is 265 g/mol. The first-order valence-electron chi connectivity index (χ1n) is 6.03.